The number of fused-ring (bicyclic) bond motifs is 2. The van der Waals surface area contributed by atoms with E-state index in [0.29, 0.717) is 6.04 Å². The fraction of sp³-hybridized carbons (Fsp3) is 0.280. The number of nitrogens with zero attached hydrogens (tertiary/aromatic N) is 3. The molecule has 29 heavy (non-hydrogen) atoms. The number of benzene rings is 2. The van der Waals surface area contributed by atoms with Gasteiger partial charge in [-0.25, -0.2) is 0 Å². The topological polar surface area (TPSA) is 38.1 Å². The van der Waals surface area contributed by atoms with Gasteiger partial charge in [0, 0.05) is 18.0 Å². The lowest BCUT2D eigenvalue weighted by molar-refractivity contribution is 0.204. The van der Waals surface area contributed by atoms with Crippen LogP contribution in [-0.4, -0.2) is 27.3 Å². The molecule has 1 saturated heterocycles. The Kier molecular flexibility index (Phi) is 4.35. The van der Waals surface area contributed by atoms with E-state index in [0.717, 1.165) is 36.3 Å². The predicted octanol–water partition coefficient (Wildman–Crippen LogP) is 4.37. The molecule has 5 rings (SSSR count). The van der Waals surface area contributed by atoms with Crippen LogP contribution in [0.3, 0.4) is 0 Å². The summed E-state index contributed by atoms with van der Waals surface area (Å²) in [6.45, 7) is 7.25. The molecule has 0 aliphatic carbocycles. The van der Waals surface area contributed by atoms with Crippen LogP contribution in [0.15, 0.2) is 78.2 Å². The summed E-state index contributed by atoms with van der Waals surface area (Å²) in [5.74, 6) is 0.143. The van der Waals surface area contributed by atoms with Gasteiger partial charge >= 0.3 is 0 Å². The molecule has 1 aromatic heterocycles. The number of hydrogen-bond donors (Lipinski definition) is 0. The van der Waals surface area contributed by atoms with Crippen molar-refractivity contribution in [3.8, 4) is 0 Å². The molecule has 0 N–H and O–H groups in total. The molecule has 0 bridgehead atoms. The van der Waals surface area contributed by atoms with E-state index in [1.165, 1.54) is 17.3 Å². The van der Waals surface area contributed by atoms with E-state index in [2.05, 4.69) is 81.9 Å². The molecule has 0 spiro atoms. The molecule has 2 aliphatic rings. The summed E-state index contributed by atoms with van der Waals surface area (Å²) < 4.78 is 2.09. The fourth-order valence-corrected chi connectivity index (χ4v) is 5.19. The third kappa shape index (κ3) is 2.82. The minimum Gasteiger partial charge on any atom is -0.365 e. The summed E-state index contributed by atoms with van der Waals surface area (Å²) in [5, 5.41) is 4.66. The first-order valence-corrected chi connectivity index (χ1v) is 10.3. The molecular weight excluding hydrogens is 358 g/mol. The quantitative estimate of drug-likeness (QED) is 0.674. The highest BCUT2D eigenvalue weighted by atomic mass is 16.1. The van der Waals surface area contributed by atoms with Gasteiger partial charge < -0.3 is 4.90 Å². The Morgan fingerprint density at radius 1 is 1.03 bits per heavy atom. The maximum absolute atomic E-state index is 12.4. The number of rotatable bonds is 3. The molecule has 146 valence electrons. The lowest BCUT2D eigenvalue weighted by Crippen LogP contribution is -2.46. The Balaban J connectivity index is 1.78. The molecule has 2 atom stereocenters. The highest BCUT2D eigenvalue weighted by Gasteiger charge is 2.45. The van der Waals surface area contributed by atoms with E-state index in [1.54, 1.807) is 0 Å². The summed E-state index contributed by atoms with van der Waals surface area (Å²) in [6.07, 6.45) is 3.71. The minimum atomic E-state index is -0.0234. The van der Waals surface area contributed by atoms with Crippen LogP contribution in [-0.2, 0) is 0 Å². The maximum Gasteiger partial charge on any atom is 0.203 e. The van der Waals surface area contributed by atoms with Crippen LogP contribution < -0.4 is 5.43 Å². The first-order valence-electron chi connectivity index (χ1n) is 10.3. The van der Waals surface area contributed by atoms with Crippen molar-refractivity contribution in [2.24, 2.45) is 0 Å². The number of hydrogen-bond acceptors (Lipinski definition) is 3. The summed E-state index contributed by atoms with van der Waals surface area (Å²) >= 11 is 0. The van der Waals surface area contributed by atoms with E-state index >= 15 is 0 Å². The fourth-order valence-electron chi connectivity index (χ4n) is 5.19. The van der Waals surface area contributed by atoms with Gasteiger partial charge in [-0.2, -0.15) is 5.10 Å². The molecule has 3 heterocycles. The monoisotopic (exact) mass is 383 g/mol. The van der Waals surface area contributed by atoms with Crippen molar-refractivity contribution in [2.75, 3.05) is 6.54 Å². The average Bonchev–Trinajstić information content (AvgIpc) is 3.25. The van der Waals surface area contributed by atoms with E-state index in [9.17, 15) is 4.79 Å². The van der Waals surface area contributed by atoms with E-state index in [-0.39, 0.29) is 17.4 Å². The third-order valence-electron chi connectivity index (χ3n) is 6.51. The normalized spacial score (nSPS) is 20.6. The van der Waals surface area contributed by atoms with Gasteiger partial charge in [0.1, 0.15) is 0 Å². The van der Waals surface area contributed by atoms with Crippen LogP contribution in [0.2, 0.25) is 0 Å². The summed E-state index contributed by atoms with van der Waals surface area (Å²) in [4.78, 5) is 14.8. The van der Waals surface area contributed by atoms with Gasteiger partial charge in [-0.05, 0) is 30.9 Å². The Labute approximate surface area is 171 Å². The van der Waals surface area contributed by atoms with E-state index < -0.39 is 0 Å². The second kappa shape index (κ2) is 7.03. The van der Waals surface area contributed by atoms with Crippen LogP contribution in [0.4, 0.5) is 0 Å². The zero-order valence-electron chi connectivity index (χ0n) is 16.7. The van der Waals surface area contributed by atoms with Crippen LogP contribution in [0.25, 0.3) is 5.70 Å². The largest absolute Gasteiger partial charge is 0.365 e. The van der Waals surface area contributed by atoms with Crippen molar-refractivity contribution < 1.29 is 0 Å². The van der Waals surface area contributed by atoms with Gasteiger partial charge in [0.25, 0.3) is 0 Å². The molecule has 2 unspecified atom stereocenters. The minimum absolute atomic E-state index is 0.0234. The SMILES string of the molecule is C=C1c2c(C)c(=O)cnn2C(C(c2ccccc2)c2ccccc2)C2CCCN12. The van der Waals surface area contributed by atoms with Crippen LogP contribution in [0.1, 0.15) is 47.2 Å². The second-order valence-electron chi connectivity index (χ2n) is 8.07. The highest BCUT2D eigenvalue weighted by molar-refractivity contribution is 5.64. The molecule has 0 radical (unpaired) electrons. The first kappa shape index (κ1) is 17.9. The first-order chi connectivity index (χ1) is 14.2. The molecule has 0 saturated carbocycles. The van der Waals surface area contributed by atoms with Crippen molar-refractivity contribution in [2.45, 2.75) is 37.8 Å². The van der Waals surface area contributed by atoms with Gasteiger partial charge in [0.05, 0.1) is 29.7 Å². The Bertz CT molecular complexity index is 1060. The predicted molar refractivity (Wildman–Crippen MR) is 116 cm³/mol. The molecule has 1 fully saturated rings. The van der Waals surface area contributed by atoms with Crippen molar-refractivity contribution in [1.29, 1.82) is 0 Å². The Morgan fingerprint density at radius 3 is 2.28 bits per heavy atom. The molecule has 3 aromatic rings. The molecule has 2 aromatic carbocycles. The standard InChI is InChI=1S/C25H25N3O/c1-17-22(29)16-26-28-24(17)18(2)27-15-9-14-21(27)25(28)23(19-10-5-3-6-11-19)20-12-7-4-8-13-20/h3-8,10-13,16,21,23,25H,2,9,14-15H2,1H3. The Hall–Kier alpha value is -3.14. The molecular formula is C25H25N3O. The zero-order chi connectivity index (χ0) is 20.0. The maximum atomic E-state index is 12.4. The van der Waals surface area contributed by atoms with Crippen molar-refractivity contribution >= 4 is 5.70 Å². The summed E-state index contributed by atoms with van der Waals surface area (Å²) in [6, 6.07) is 21.8. The molecule has 4 heteroatoms. The average molecular weight is 383 g/mol. The zero-order valence-corrected chi connectivity index (χ0v) is 16.7. The van der Waals surface area contributed by atoms with Gasteiger partial charge in [-0.1, -0.05) is 67.2 Å². The molecule has 2 aliphatic heterocycles. The van der Waals surface area contributed by atoms with Gasteiger partial charge in [0.2, 0.25) is 5.43 Å². The highest BCUT2D eigenvalue weighted by Crippen LogP contribution is 2.47. The second-order valence-corrected chi connectivity index (χ2v) is 8.07. The lowest BCUT2D eigenvalue weighted by Gasteiger charge is -2.45. The Morgan fingerprint density at radius 2 is 1.66 bits per heavy atom. The molecule has 0 amide bonds. The lowest BCUT2D eigenvalue weighted by atomic mass is 9.79. The molecule has 4 nitrogen and oxygen atoms in total. The van der Waals surface area contributed by atoms with Gasteiger partial charge in [-0.15, -0.1) is 0 Å². The van der Waals surface area contributed by atoms with Crippen molar-refractivity contribution in [3.05, 3.63) is 106 Å². The van der Waals surface area contributed by atoms with E-state index in [1.807, 2.05) is 6.92 Å². The van der Waals surface area contributed by atoms with Crippen LogP contribution in [0, 0.1) is 6.92 Å². The van der Waals surface area contributed by atoms with Crippen molar-refractivity contribution in [3.63, 3.8) is 0 Å². The smallest absolute Gasteiger partial charge is 0.203 e. The third-order valence-corrected chi connectivity index (χ3v) is 6.51. The van der Waals surface area contributed by atoms with Gasteiger partial charge in [0.15, 0.2) is 0 Å². The number of aromatic nitrogens is 2. The van der Waals surface area contributed by atoms with Crippen molar-refractivity contribution in [1.82, 2.24) is 14.7 Å². The van der Waals surface area contributed by atoms with E-state index in [4.69, 9.17) is 0 Å². The van der Waals surface area contributed by atoms with Crippen LogP contribution >= 0.6 is 0 Å². The van der Waals surface area contributed by atoms with Gasteiger partial charge in [-0.3, -0.25) is 9.48 Å². The summed E-state index contributed by atoms with van der Waals surface area (Å²) in [7, 11) is 0. The van der Waals surface area contributed by atoms with Crippen LogP contribution in [0.5, 0.6) is 0 Å². The summed E-state index contributed by atoms with van der Waals surface area (Å²) in [5.41, 5.74) is 5.08.